The van der Waals surface area contributed by atoms with Crippen molar-refractivity contribution in [2.45, 2.75) is 52.1 Å². The van der Waals surface area contributed by atoms with Crippen molar-refractivity contribution in [1.82, 2.24) is 0 Å². The molecule has 2 atom stereocenters. The molecule has 2 aliphatic rings. The number of fused-ring (bicyclic) bond motifs is 2. The first-order valence-electron chi connectivity index (χ1n) is 13.4. The van der Waals surface area contributed by atoms with E-state index in [9.17, 15) is 4.79 Å². The summed E-state index contributed by atoms with van der Waals surface area (Å²) in [5.74, 6) is 0.674. The lowest BCUT2D eigenvalue weighted by molar-refractivity contribution is -0.141. The highest BCUT2D eigenvalue weighted by Crippen LogP contribution is 2.45. The van der Waals surface area contributed by atoms with Gasteiger partial charge in [0, 0.05) is 28.8 Å². The molecule has 3 aromatic rings. The van der Waals surface area contributed by atoms with E-state index in [-0.39, 0.29) is 24.1 Å². The van der Waals surface area contributed by atoms with Crippen molar-refractivity contribution < 1.29 is 23.4 Å². The Morgan fingerprint density at radius 1 is 1.10 bits per heavy atom. The molecule has 2 N–H and O–H groups in total. The summed E-state index contributed by atoms with van der Waals surface area (Å²) in [5.41, 5.74) is 8.06. The highest BCUT2D eigenvalue weighted by atomic mass is 19.1. The van der Waals surface area contributed by atoms with E-state index >= 15 is 4.39 Å². The molecule has 5 rings (SSSR count). The van der Waals surface area contributed by atoms with Crippen LogP contribution in [0.5, 0.6) is 11.5 Å². The Labute approximate surface area is 233 Å². The Kier molecular flexibility index (Phi) is 7.57. The SMILES string of the molecule is COC(=O)C[C@@H]1COc2cc(O[C@@H]3CCc4c(-c5c(C)cc(C(=N)/C=C\C(C)=N)cc5C)ccc(F)c43)ccc21. The zero-order valence-corrected chi connectivity index (χ0v) is 23.2. The minimum absolute atomic E-state index is 0.0542. The third kappa shape index (κ3) is 5.28. The van der Waals surface area contributed by atoms with Gasteiger partial charge < -0.3 is 25.0 Å². The molecule has 7 heteroatoms. The fourth-order valence-corrected chi connectivity index (χ4v) is 5.82. The number of nitrogens with one attached hydrogen (secondary N) is 2. The lowest BCUT2D eigenvalue weighted by Crippen LogP contribution is -2.09. The van der Waals surface area contributed by atoms with Crippen molar-refractivity contribution in [1.29, 1.82) is 10.8 Å². The second kappa shape index (κ2) is 11.1. The van der Waals surface area contributed by atoms with Crippen molar-refractivity contribution in [3.05, 3.63) is 93.8 Å². The van der Waals surface area contributed by atoms with Gasteiger partial charge in [-0.15, -0.1) is 0 Å². The summed E-state index contributed by atoms with van der Waals surface area (Å²) in [4.78, 5) is 11.7. The summed E-state index contributed by atoms with van der Waals surface area (Å²) in [7, 11) is 1.38. The van der Waals surface area contributed by atoms with Crippen molar-refractivity contribution in [3.63, 3.8) is 0 Å². The van der Waals surface area contributed by atoms with Gasteiger partial charge in [-0.2, -0.15) is 0 Å². The molecule has 1 heterocycles. The molecule has 3 aromatic carbocycles. The second-order valence-electron chi connectivity index (χ2n) is 10.5. The number of methoxy groups -OCH3 is 1. The van der Waals surface area contributed by atoms with Crippen LogP contribution < -0.4 is 9.47 Å². The Morgan fingerprint density at radius 3 is 2.55 bits per heavy atom. The summed E-state index contributed by atoms with van der Waals surface area (Å²) in [6.07, 6.45) is 4.42. The van der Waals surface area contributed by atoms with Gasteiger partial charge in [-0.1, -0.05) is 12.1 Å². The summed E-state index contributed by atoms with van der Waals surface area (Å²) in [6.45, 7) is 6.12. The molecule has 1 aliphatic heterocycles. The van der Waals surface area contributed by atoms with Gasteiger partial charge in [0.15, 0.2) is 0 Å². The molecule has 0 spiro atoms. The Balaban J connectivity index is 1.42. The van der Waals surface area contributed by atoms with Crippen LogP contribution in [0.2, 0.25) is 0 Å². The van der Waals surface area contributed by atoms with Gasteiger partial charge in [-0.25, -0.2) is 4.39 Å². The zero-order chi connectivity index (χ0) is 28.6. The first-order chi connectivity index (χ1) is 19.2. The highest BCUT2D eigenvalue weighted by molar-refractivity contribution is 6.10. The molecule has 0 aromatic heterocycles. The van der Waals surface area contributed by atoms with Gasteiger partial charge in [-0.05, 0) is 103 Å². The predicted octanol–water partition coefficient (Wildman–Crippen LogP) is 7.18. The quantitative estimate of drug-likeness (QED) is 0.234. The predicted molar refractivity (Wildman–Crippen MR) is 154 cm³/mol. The van der Waals surface area contributed by atoms with E-state index in [4.69, 9.17) is 25.0 Å². The average molecular weight is 541 g/mol. The lowest BCUT2D eigenvalue weighted by atomic mass is 9.88. The van der Waals surface area contributed by atoms with Crippen LogP contribution >= 0.6 is 0 Å². The smallest absolute Gasteiger partial charge is 0.306 e. The number of allylic oxidation sites excluding steroid dienone is 2. The standard InChI is InChI=1S/C33H33FN2O4/c1-18-13-21(28(36)11-5-20(3)35)14-19(2)32(18)25-8-10-27(34)33-26(25)9-12-29(33)40-23-6-7-24-22(15-31(37)38-4)17-39-30(24)16-23/h5-8,10-11,13-14,16,22,29,35-36H,9,12,15,17H2,1-4H3/b11-5-,35-20?,36-28?/t22-,29-/m1/s1. The number of ether oxygens (including phenoxy) is 3. The number of benzene rings is 3. The van der Waals surface area contributed by atoms with E-state index < -0.39 is 6.10 Å². The zero-order valence-electron chi connectivity index (χ0n) is 23.2. The Bertz CT molecular complexity index is 1540. The maximum Gasteiger partial charge on any atom is 0.306 e. The van der Waals surface area contributed by atoms with Gasteiger partial charge in [0.25, 0.3) is 0 Å². The average Bonchev–Trinajstić information content (AvgIpc) is 3.52. The lowest BCUT2D eigenvalue weighted by Gasteiger charge is -2.19. The fraction of sp³-hybridized carbons (Fsp3) is 0.303. The van der Waals surface area contributed by atoms with Crippen LogP contribution in [-0.2, 0) is 16.0 Å². The first kappa shape index (κ1) is 27.3. The third-order valence-corrected chi connectivity index (χ3v) is 7.68. The highest BCUT2D eigenvalue weighted by Gasteiger charge is 2.32. The third-order valence-electron chi connectivity index (χ3n) is 7.68. The molecule has 0 amide bonds. The van der Waals surface area contributed by atoms with Crippen LogP contribution in [0.3, 0.4) is 0 Å². The van der Waals surface area contributed by atoms with Gasteiger partial charge in [0.2, 0.25) is 0 Å². The number of rotatable bonds is 8. The maximum atomic E-state index is 15.3. The van der Waals surface area contributed by atoms with Crippen LogP contribution in [0.25, 0.3) is 11.1 Å². The number of aryl methyl sites for hydroxylation is 2. The second-order valence-corrected chi connectivity index (χ2v) is 10.5. The first-order valence-corrected chi connectivity index (χ1v) is 13.4. The topological polar surface area (TPSA) is 92.5 Å². The largest absolute Gasteiger partial charge is 0.492 e. The van der Waals surface area contributed by atoms with Crippen molar-refractivity contribution >= 4 is 17.4 Å². The number of hydrogen-bond acceptors (Lipinski definition) is 6. The monoisotopic (exact) mass is 540 g/mol. The van der Waals surface area contributed by atoms with Gasteiger partial charge in [0.05, 0.1) is 25.8 Å². The molecule has 40 heavy (non-hydrogen) atoms. The molecular weight excluding hydrogens is 507 g/mol. The molecule has 6 nitrogen and oxygen atoms in total. The number of hydrogen-bond donors (Lipinski definition) is 2. The van der Waals surface area contributed by atoms with E-state index in [1.165, 1.54) is 13.2 Å². The van der Waals surface area contributed by atoms with Crippen molar-refractivity contribution in [2.24, 2.45) is 0 Å². The van der Waals surface area contributed by atoms with Crippen LogP contribution in [-0.4, -0.2) is 31.1 Å². The summed E-state index contributed by atoms with van der Waals surface area (Å²) >= 11 is 0. The molecule has 0 fully saturated rings. The van der Waals surface area contributed by atoms with Crippen LogP contribution in [0.1, 0.15) is 65.2 Å². The minimum Gasteiger partial charge on any atom is -0.492 e. The Morgan fingerprint density at radius 2 is 1.85 bits per heavy atom. The van der Waals surface area contributed by atoms with Crippen molar-refractivity contribution in [2.75, 3.05) is 13.7 Å². The number of esters is 1. The van der Waals surface area contributed by atoms with Crippen LogP contribution in [0, 0.1) is 30.5 Å². The molecule has 0 radical (unpaired) electrons. The number of carbonyl (C=O) groups excluding carboxylic acids is 1. The Hall–Kier alpha value is -4.26. The maximum absolute atomic E-state index is 15.3. The van der Waals surface area contributed by atoms with E-state index in [0.717, 1.165) is 38.9 Å². The summed E-state index contributed by atoms with van der Waals surface area (Å²) in [6, 6.07) is 12.9. The molecular formula is C33H33FN2O4. The number of carbonyl (C=O) groups is 1. The van der Waals surface area contributed by atoms with Crippen LogP contribution in [0.15, 0.2) is 54.6 Å². The molecule has 0 saturated carbocycles. The van der Waals surface area contributed by atoms with Gasteiger partial charge >= 0.3 is 5.97 Å². The molecule has 0 bridgehead atoms. The van der Waals surface area contributed by atoms with E-state index in [0.29, 0.717) is 47.9 Å². The van der Waals surface area contributed by atoms with E-state index in [1.54, 1.807) is 19.1 Å². The molecule has 206 valence electrons. The normalized spacial score (nSPS) is 17.3. The van der Waals surface area contributed by atoms with E-state index in [2.05, 4.69) is 0 Å². The summed E-state index contributed by atoms with van der Waals surface area (Å²) < 4.78 is 32.2. The molecule has 0 saturated heterocycles. The van der Waals surface area contributed by atoms with Crippen LogP contribution in [0.4, 0.5) is 4.39 Å². The minimum atomic E-state index is -0.428. The van der Waals surface area contributed by atoms with Gasteiger partial charge in [-0.3, -0.25) is 4.79 Å². The van der Waals surface area contributed by atoms with Crippen molar-refractivity contribution in [3.8, 4) is 22.6 Å². The molecule has 1 aliphatic carbocycles. The van der Waals surface area contributed by atoms with Gasteiger partial charge in [0.1, 0.15) is 23.4 Å². The van der Waals surface area contributed by atoms with E-state index in [1.807, 2.05) is 50.2 Å². The molecule has 0 unspecified atom stereocenters. The number of halogens is 1. The summed E-state index contributed by atoms with van der Waals surface area (Å²) in [5, 5.41) is 16.0. The fourth-order valence-electron chi connectivity index (χ4n) is 5.82.